The van der Waals surface area contributed by atoms with E-state index < -0.39 is 147 Å². The van der Waals surface area contributed by atoms with Crippen molar-refractivity contribution in [1.29, 1.82) is 0 Å². The molecule has 0 N–H and O–H groups in total. The summed E-state index contributed by atoms with van der Waals surface area (Å²) >= 11 is 0. The molecule has 0 atom stereocenters. The molecule has 0 aromatic heterocycles. The van der Waals surface area contributed by atoms with Gasteiger partial charge < -0.3 is 0 Å². The largest absolute Gasteiger partial charge is 0.460 e. The molecule has 3 rings (SSSR count). The second-order valence-electron chi connectivity index (χ2n) is 8.34. The fourth-order valence-corrected chi connectivity index (χ4v) is 8.80. The molecule has 250 valence electrons. The number of benzene rings is 3. The van der Waals surface area contributed by atoms with Crippen LogP contribution < -0.4 is 0 Å². The highest BCUT2D eigenvalue weighted by molar-refractivity contribution is 8.33. The molecule has 0 heterocycles. The maximum Gasteiger partial charge on any atom is 0.460 e. The van der Waals surface area contributed by atoms with Crippen LogP contribution in [0.5, 0.6) is 0 Å². The number of rotatable bonds is 8. The first kappa shape index (κ1) is 36.1. The Balaban J connectivity index is 2.69. The van der Waals surface area contributed by atoms with Gasteiger partial charge in [0.25, 0.3) is 0 Å². The zero-order valence-electron chi connectivity index (χ0n) is 20.3. The average molecular weight is 724 g/mol. The van der Waals surface area contributed by atoms with E-state index in [0.29, 0.717) is 0 Å². The van der Waals surface area contributed by atoms with E-state index in [-0.39, 0.29) is 0 Å². The minimum atomic E-state index is -8.60. The third-order valence-electron chi connectivity index (χ3n) is 5.37. The molecule has 0 saturated heterocycles. The summed E-state index contributed by atoms with van der Waals surface area (Å²) in [5.41, 5.74) is 0. The molecule has 0 spiro atoms. The first-order valence-electron chi connectivity index (χ1n) is 10.6. The maximum absolute atomic E-state index is 15.1. The lowest BCUT2D eigenvalue weighted by Gasteiger charge is -2.41. The fraction of sp³-hybridized carbons (Fsp3) is 0.182. The standard InChI is InChI=1S/C22H6F18O3S2/c23-7-1-10(26)16(11(27)2-7)44(17-12(28)3-8(24)4-13(17)29,18-14(30)5-9(25)6-15(18)31)43-45(41,42)22(39,40)20(34,35)19(32,33)21(36,37)38/h1-6H. The van der Waals surface area contributed by atoms with Gasteiger partial charge in [0.05, 0.1) is 14.7 Å². The van der Waals surface area contributed by atoms with Gasteiger partial charge in [-0.15, -0.1) is 0 Å². The monoisotopic (exact) mass is 724 g/mol. The summed E-state index contributed by atoms with van der Waals surface area (Å²) in [4.78, 5) is -8.37. The van der Waals surface area contributed by atoms with Gasteiger partial charge in [0.2, 0.25) is 0 Å². The molecule has 0 unspecified atom stereocenters. The van der Waals surface area contributed by atoms with Gasteiger partial charge in [0.15, 0.2) is 0 Å². The molecule has 3 aromatic carbocycles. The maximum atomic E-state index is 15.1. The minimum Gasteiger partial charge on any atom is -0.207 e. The van der Waals surface area contributed by atoms with Crippen LogP contribution >= 0.6 is 10.3 Å². The van der Waals surface area contributed by atoms with Crippen LogP contribution in [-0.4, -0.2) is 31.7 Å². The van der Waals surface area contributed by atoms with E-state index in [9.17, 15) is 61.1 Å². The molecule has 0 saturated carbocycles. The van der Waals surface area contributed by atoms with Crippen LogP contribution in [-0.2, 0) is 13.7 Å². The van der Waals surface area contributed by atoms with Gasteiger partial charge in [-0.05, 0) is 10.3 Å². The van der Waals surface area contributed by atoms with Crippen molar-refractivity contribution in [3.05, 3.63) is 88.8 Å². The van der Waals surface area contributed by atoms with Gasteiger partial charge >= 0.3 is 33.4 Å². The van der Waals surface area contributed by atoms with Crippen LogP contribution in [0.25, 0.3) is 0 Å². The summed E-state index contributed by atoms with van der Waals surface area (Å²) in [6.07, 6.45) is -7.71. The molecule has 0 fully saturated rings. The van der Waals surface area contributed by atoms with Crippen molar-refractivity contribution >= 4 is 20.4 Å². The summed E-state index contributed by atoms with van der Waals surface area (Å²) in [6, 6.07) is -3.84. The van der Waals surface area contributed by atoms with Crippen LogP contribution in [0.4, 0.5) is 79.0 Å². The molecule has 3 aromatic rings. The molecular weight excluding hydrogens is 718 g/mol. The number of halogens is 18. The van der Waals surface area contributed by atoms with Crippen molar-refractivity contribution < 1.29 is 91.1 Å². The minimum absolute atomic E-state index is 0.640. The lowest BCUT2D eigenvalue weighted by Crippen LogP contribution is -2.63. The smallest absolute Gasteiger partial charge is 0.207 e. The normalized spacial score (nSPS) is 14.2. The van der Waals surface area contributed by atoms with Crippen LogP contribution in [0, 0.1) is 52.4 Å². The van der Waals surface area contributed by atoms with Gasteiger partial charge in [0.1, 0.15) is 52.4 Å². The Hall–Kier alpha value is -3.34. The Morgan fingerprint density at radius 2 is 0.689 bits per heavy atom. The van der Waals surface area contributed by atoms with E-state index in [1.54, 1.807) is 0 Å². The van der Waals surface area contributed by atoms with Gasteiger partial charge in [-0.2, -0.15) is 47.9 Å². The van der Waals surface area contributed by atoms with Gasteiger partial charge in [-0.1, -0.05) is 0 Å². The van der Waals surface area contributed by atoms with Gasteiger partial charge in [-0.3, -0.25) is 0 Å². The quantitative estimate of drug-likeness (QED) is 0.218. The van der Waals surface area contributed by atoms with E-state index in [2.05, 4.69) is 3.63 Å². The lowest BCUT2D eigenvalue weighted by molar-refractivity contribution is -0.382. The molecule has 23 heteroatoms. The molecule has 0 radical (unpaired) electrons. The Kier molecular flexibility index (Phi) is 8.97. The fourth-order valence-electron chi connectivity index (χ4n) is 3.51. The summed E-state index contributed by atoms with van der Waals surface area (Å²) < 4.78 is 283. The highest BCUT2D eigenvalue weighted by atomic mass is 32.3. The second-order valence-corrected chi connectivity index (χ2v) is 12.6. The molecule has 0 amide bonds. The van der Waals surface area contributed by atoms with E-state index in [0.717, 1.165) is 0 Å². The summed E-state index contributed by atoms with van der Waals surface area (Å²) in [5, 5.41) is -8.01. The molecule has 3 nitrogen and oxygen atoms in total. The van der Waals surface area contributed by atoms with E-state index >= 15 is 26.3 Å². The zero-order valence-corrected chi connectivity index (χ0v) is 21.9. The third kappa shape index (κ3) is 5.55. The Morgan fingerprint density at radius 3 is 0.911 bits per heavy atom. The number of hydrogen-bond acceptors (Lipinski definition) is 3. The van der Waals surface area contributed by atoms with E-state index in [1.807, 2.05) is 0 Å². The van der Waals surface area contributed by atoms with Crippen LogP contribution in [0.2, 0.25) is 0 Å². The molecule has 0 bridgehead atoms. The predicted molar refractivity (Wildman–Crippen MR) is 112 cm³/mol. The number of hydrogen-bond donors (Lipinski definition) is 0. The molecule has 0 aliphatic carbocycles. The molecular formula is C22H6F18O3S2. The highest BCUT2D eigenvalue weighted by Gasteiger charge is 2.86. The molecule has 0 aliphatic heterocycles. The second kappa shape index (κ2) is 11.2. The highest BCUT2D eigenvalue weighted by Crippen LogP contribution is 2.74. The first-order valence-corrected chi connectivity index (χ1v) is 13.6. The SMILES string of the molecule is O=S(=O)(OS(c1c(F)cc(F)cc1F)(c1c(F)cc(F)cc1F)c1c(F)cc(F)cc1F)C(F)(F)C(F)(F)C(F)(F)C(F)(F)F. The first-order chi connectivity index (χ1) is 20.2. The Labute approximate surface area is 238 Å². The van der Waals surface area contributed by atoms with Crippen LogP contribution in [0.1, 0.15) is 0 Å². The molecule has 45 heavy (non-hydrogen) atoms. The average Bonchev–Trinajstić information content (AvgIpc) is 2.80. The lowest BCUT2D eigenvalue weighted by atomic mass is 10.1. The number of alkyl halides is 9. The Bertz CT molecular complexity index is 1560. The van der Waals surface area contributed by atoms with Crippen molar-refractivity contribution in [3.8, 4) is 0 Å². The summed E-state index contributed by atoms with van der Waals surface area (Å²) in [5.74, 6) is -39.4. The van der Waals surface area contributed by atoms with Crippen molar-refractivity contribution in [1.82, 2.24) is 0 Å². The summed E-state index contributed by atoms with van der Waals surface area (Å²) in [6.45, 7) is 0. The topological polar surface area (TPSA) is 43.4 Å². The van der Waals surface area contributed by atoms with Crippen molar-refractivity contribution in [2.24, 2.45) is 0 Å². The summed E-state index contributed by atoms with van der Waals surface area (Å²) in [7, 11) is -15.5. The van der Waals surface area contributed by atoms with Crippen molar-refractivity contribution in [2.45, 2.75) is 38.0 Å². The predicted octanol–water partition coefficient (Wildman–Crippen LogP) is 8.91. The van der Waals surface area contributed by atoms with Crippen LogP contribution in [0.3, 0.4) is 0 Å². The van der Waals surface area contributed by atoms with E-state index in [1.165, 1.54) is 0 Å². The zero-order chi connectivity index (χ0) is 34.9. The van der Waals surface area contributed by atoms with Crippen molar-refractivity contribution in [2.75, 3.05) is 0 Å². The van der Waals surface area contributed by atoms with Gasteiger partial charge in [0, 0.05) is 36.4 Å². The molecule has 0 aliphatic rings. The third-order valence-corrected chi connectivity index (χ3v) is 10.7. The van der Waals surface area contributed by atoms with E-state index in [4.69, 9.17) is 0 Å². The van der Waals surface area contributed by atoms with Crippen LogP contribution in [0.15, 0.2) is 51.1 Å². The van der Waals surface area contributed by atoms with Gasteiger partial charge in [-0.25, -0.2) is 43.1 Å². The Morgan fingerprint density at radius 1 is 0.444 bits per heavy atom. The van der Waals surface area contributed by atoms with Crippen molar-refractivity contribution in [3.63, 3.8) is 0 Å².